The molecule has 6 nitrogen and oxygen atoms in total. The Kier molecular flexibility index (Phi) is 6.51. The van der Waals surface area contributed by atoms with E-state index in [4.69, 9.17) is 23.8 Å². The second-order valence-electron chi connectivity index (χ2n) is 8.84. The van der Waals surface area contributed by atoms with Crippen molar-refractivity contribution in [1.82, 2.24) is 14.9 Å². The van der Waals surface area contributed by atoms with E-state index in [0.29, 0.717) is 10.1 Å². The number of aryl methyl sites for hydroxylation is 1. The van der Waals surface area contributed by atoms with Crippen LogP contribution in [0.2, 0.25) is 5.02 Å². The van der Waals surface area contributed by atoms with E-state index < -0.39 is 0 Å². The summed E-state index contributed by atoms with van der Waals surface area (Å²) < 4.78 is 2.19. The molecule has 1 amide bonds. The van der Waals surface area contributed by atoms with Gasteiger partial charge in [-0.15, -0.1) is 0 Å². The van der Waals surface area contributed by atoms with Crippen LogP contribution >= 0.6 is 23.8 Å². The summed E-state index contributed by atoms with van der Waals surface area (Å²) in [5.74, 6) is -0.110. The normalized spacial score (nSPS) is 17.2. The number of thiocarbonyl (C=S) groups is 1. The SMILES string of the molecule is CC(=O)Nc1ccc(N2C(=S)N[C@H](c3ccccn3)[C@@H]2c2cc(C)n(-c3ccccc3Cl)c2C)cc1. The monoisotopic (exact) mass is 515 g/mol. The number of para-hydroxylation sites is 1. The molecule has 182 valence electrons. The number of hydrogen-bond acceptors (Lipinski definition) is 3. The summed E-state index contributed by atoms with van der Waals surface area (Å²) in [7, 11) is 0. The van der Waals surface area contributed by atoms with Crippen LogP contribution in [-0.4, -0.2) is 20.6 Å². The summed E-state index contributed by atoms with van der Waals surface area (Å²) >= 11 is 12.5. The van der Waals surface area contributed by atoms with E-state index in [1.807, 2.05) is 66.7 Å². The summed E-state index contributed by atoms with van der Waals surface area (Å²) in [6.07, 6.45) is 1.80. The third kappa shape index (κ3) is 4.36. The minimum atomic E-state index is -0.158. The van der Waals surface area contributed by atoms with Gasteiger partial charge < -0.3 is 20.1 Å². The van der Waals surface area contributed by atoms with Gasteiger partial charge in [0.1, 0.15) is 0 Å². The van der Waals surface area contributed by atoms with Gasteiger partial charge in [0.2, 0.25) is 5.91 Å². The largest absolute Gasteiger partial charge is 0.351 e. The number of carbonyl (C=O) groups excluding carboxylic acids is 1. The Morgan fingerprint density at radius 3 is 2.44 bits per heavy atom. The highest BCUT2D eigenvalue weighted by atomic mass is 35.5. The van der Waals surface area contributed by atoms with Gasteiger partial charge in [-0.2, -0.15) is 0 Å². The highest BCUT2D eigenvalue weighted by Gasteiger charge is 2.42. The molecular weight excluding hydrogens is 490 g/mol. The van der Waals surface area contributed by atoms with E-state index >= 15 is 0 Å². The molecule has 0 radical (unpaired) electrons. The summed E-state index contributed by atoms with van der Waals surface area (Å²) in [5.41, 5.74) is 6.79. The van der Waals surface area contributed by atoms with E-state index in [1.165, 1.54) is 6.92 Å². The van der Waals surface area contributed by atoms with Crippen molar-refractivity contribution in [1.29, 1.82) is 0 Å². The maximum atomic E-state index is 11.5. The number of benzene rings is 2. The molecule has 0 aliphatic carbocycles. The molecule has 1 fully saturated rings. The lowest BCUT2D eigenvalue weighted by atomic mass is 9.96. The number of rotatable bonds is 5. The zero-order valence-corrected chi connectivity index (χ0v) is 21.8. The van der Waals surface area contributed by atoms with Crippen molar-refractivity contribution in [2.45, 2.75) is 32.9 Å². The van der Waals surface area contributed by atoms with Crippen molar-refractivity contribution in [3.63, 3.8) is 0 Å². The summed E-state index contributed by atoms with van der Waals surface area (Å²) in [6, 6.07) is 23.4. The molecule has 2 N–H and O–H groups in total. The molecule has 36 heavy (non-hydrogen) atoms. The number of carbonyl (C=O) groups is 1. The molecule has 0 unspecified atom stereocenters. The van der Waals surface area contributed by atoms with Crippen LogP contribution in [0.4, 0.5) is 11.4 Å². The van der Waals surface area contributed by atoms with Gasteiger partial charge in [0.15, 0.2) is 5.11 Å². The van der Waals surface area contributed by atoms with Gasteiger partial charge in [0, 0.05) is 35.9 Å². The first-order valence-electron chi connectivity index (χ1n) is 11.7. The van der Waals surface area contributed by atoms with Crippen molar-refractivity contribution in [3.05, 3.63) is 107 Å². The Labute approximate surface area is 220 Å². The van der Waals surface area contributed by atoms with Crippen LogP contribution in [0.15, 0.2) is 79.0 Å². The molecule has 2 aromatic carbocycles. The van der Waals surface area contributed by atoms with Crippen molar-refractivity contribution in [3.8, 4) is 5.69 Å². The van der Waals surface area contributed by atoms with Gasteiger partial charge in [0.25, 0.3) is 0 Å². The number of pyridine rings is 1. The molecule has 5 rings (SSSR count). The Morgan fingerprint density at radius 1 is 1.06 bits per heavy atom. The molecular formula is C28H26ClN5OS. The van der Waals surface area contributed by atoms with Crippen LogP contribution < -0.4 is 15.5 Å². The first-order chi connectivity index (χ1) is 17.3. The molecule has 0 spiro atoms. The van der Waals surface area contributed by atoms with E-state index in [1.54, 1.807) is 6.20 Å². The Hall–Kier alpha value is -3.68. The lowest BCUT2D eigenvalue weighted by Gasteiger charge is -2.28. The number of anilines is 2. The minimum absolute atomic E-state index is 0.110. The zero-order valence-electron chi connectivity index (χ0n) is 20.2. The van der Waals surface area contributed by atoms with Gasteiger partial charge in [0.05, 0.1) is 28.5 Å². The number of nitrogens with one attached hydrogen (secondary N) is 2. The van der Waals surface area contributed by atoms with E-state index in [0.717, 1.165) is 39.7 Å². The predicted octanol–water partition coefficient (Wildman–Crippen LogP) is 6.28. The minimum Gasteiger partial charge on any atom is -0.351 e. The average molecular weight is 516 g/mol. The molecule has 4 aromatic rings. The first kappa shape index (κ1) is 24.0. The molecule has 3 heterocycles. The summed E-state index contributed by atoms with van der Waals surface area (Å²) in [4.78, 5) is 18.3. The van der Waals surface area contributed by atoms with Crippen LogP contribution in [0.3, 0.4) is 0 Å². The van der Waals surface area contributed by atoms with Crippen LogP contribution in [-0.2, 0) is 4.79 Å². The van der Waals surface area contributed by atoms with Crippen LogP contribution in [0, 0.1) is 13.8 Å². The van der Waals surface area contributed by atoms with Gasteiger partial charge in [-0.3, -0.25) is 9.78 Å². The summed E-state index contributed by atoms with van der Waals surface area (Å²) in [5, 5.41) is 7.64. The number of amides is 1. The van der Waals surface area contributed by atoms with Crippen molar-refractivity contribution >= 4 is 46.2 Å². The quantitative estimate of drug-likeness (QED) is 0.306. The van der Waals surface area contributed by atoms with E-state index in [-0.39, 0.29) is 18.0 Å². The third-order valence-corrected chi connectivity index (χ3v) is 7.08. The van der Waals surface area contributed by atoms with Crippen molar-refractivity contribution in [2.24, 2.45) is 0 Å². The van der Waals surface area contributed by atoms with Crippen LogP contribution in [0.25, 0.3) is 5.69 Å². The highest BCUT2D eigenvalue weighted by Crippen LogP contribution is 2.44. The highest BCUT2D eigenvalue weighted by molar-refractivity contribution is 7.80. The topological polar surface area (TPSA) is 62.2 Å². The van der Waals surface area contributed by atoms with Gasteiger partial charge in [-0.25, -0.2) is 0 Å². The van der Waals surface area contributed by atoms with E-state index in [2.05, 4.69) is 45.0 Å². The maximum Gasteiger partial charge on any atom is 0.221 e. The smallest absolute Gasteiger partial charge is 0.221 e. The molecule has 2 atom stereocenters. The molecule has 8 heteroatoms. The molecule has 1 aliphatic heterocycles. The molecule has 0 bridgehead atoms. The van der Waals surface area contributed by atoms with Crippen LogP contribution in [0.5, 0.6) is 0 Å². The fraction of sp³-hybridized carbons (Fsp3) is 0.179. The molecule has 1 saturated heterocycles. The van der Waals surface area contributed by atoms with Gasteiger partial charge in [-0.05, 0) is 86.2 Å². The average Bonchev–Trinajstić information content (AvgIpc) is 3.35. The number of halogens is 1. The zero-order chi connectivity index (χ0) is 25.4. The lowest BCUT2D eigenvalue weighted by molar-refractivity contribution is -0.114. The first-order valence-corrected chi connectivity index (χ1v) is 12.5. The second-order valence-corrected chi connectivity index (χ2v) is 9.63. The molecule has 2 aromatic heterocycles. The Balaban J connectivity index is 1.64. The predicted molar refractivity (Wildman–Crippen MR) is 149 cm³/mol. The Bertz CT molecular complexity index is 1430. The fourth-order valence-corrected chi connectivity index (χ4v) is 5.51. The number of aromatic nitrogens is 2. The second kappa shape index (κ2) is 9.76. The number of nitrogens with zero attached hydrogens (tertiary/aromatic N) is 3. The number of hydrogen-bond donors (Lipinski definition) is 2. The van der Waals surface area contributed by atoms with Gasteiger partial charge in [-0.1, -0.05) is 29.8 Å². The third-order valence-electron chi connectivity index (χ3n) is 6.45. The van der Waals surface area contributed by atoms with Crippen molar-refractivity contribution in [2.75, 3.05) is 10.2 Å². The lowest BCUT2D eigenvalue weighted by Crippen LogP contribution is -2.29. The van der Waals surface area contributed by atoms with E-state index in [9.17, 15) is 4.79 Å². The fourth-order valence-electron chi connectivity index (χ4n) is 4.95. The Morgan fingerprint density at radius 2 is 1.78 bits per heavy atom. The van der Waals surface area contributed by atoms with Crippen LogP contribution in [0.1, 0.15) is 41.7 Å². The standard InChI is InChI=1S/C28H26ClN5OS/c1-17-16-22(18(2)33(17)25-10-5-4-8-23(25)29)27-26(24-9-6-7-15-30-24)32-28(36)34(27)21-13-11-20(12-14-21)31-19(3)35/h4-16,26-27H,1-3H3,(H,31,35)(H,32,36)/t26-,27+/m1/s1. The van der Waals surface area contributed by atoms with Crippen molar-refractivity contribution < 1.29 is 4.79 Å². The molecule has 1 aliphatic rings. The maximum absolute atomic E-state index is 11.5. The van der Waals surface area contributed by atoms with Gasteiger partial charge >= 0.3 is 0 Å². The molecule has 0 saturated carbocycles. The summed E-state index contributed by atoms with van der Waals surface area (Å²) in [6.45, 7) is 5.69.